The number of rotatable bonds is 3. The lowest BCUT2D eigenvalue weighted by Gasteiger charge is -2.04. The fraction of sp³-hybridized carbons (Fsp3) is 0.154. The second-order valence-corrected chi connectivity index (χ2v) is 5.41. The minimum atomic E-state index is -0.603. The summed E-state index contributed by atoms with van der Waals surface area (Å²) in [5.41, 5.74) is 6.47. The average Bonchev–Trinajstić information content (AvgIpc) is 2.80. The second-order valence-electron chi connectivity index (χ2n) is 4.39. The molecule has 0 saturated heterocycles. The van der Waals surface area contributed by atoms with Crippen LogP contribution in [0.2, 0.25) is 0 Å². The molecule has 2 aromatic heterocycles. The number of anilines is 1. The number of nitrogen functional groups attached to an aromatic ring is 1. The van der Waals surface area contributed by atoms with Crippen LogP contribution in [0.1, 0.15) is 5.82 Å². The minimum absolute atomic E-state index is 0.327. The van der Waals surface area contributed by atoms with Gasteiger partial charge in [0.05, 0.1) is 17.3 Å². The Balaban J connectivity index is 1.86. The summed E-state index contributed by atoms with van der Waals surface area (Å²) in [6.07, 6.45) is 1.60. The van der Waals surface area contributed by atoms with Crippen LogP contribution < -0.4 is 5.73 Å². The lowest BCUT2D eigenvalue weighted by atomic mass is 10.3. The van der Waals surface area contributed by atoms with Crippen LogP contribution in [0.3, 0.4) is 0 Å². The first-order chi connectivity index (χ1) is 10.0. The summed E-state index contributed by atoms with van der Waals surface area (Å²) in [4.78, 5) is 8.86. The molecule has 1 aromatic carbocycles. The minimum Gasteiger partial charge on any atom is -0.383 e. The fourth-order valence-corrected chi connectivity index (χ4v) is 2.66. The summed E-state index contributed by atoms with van der Waals surface area (Å²) >= 11 is 1.18. The zero-order chi connectivity index (χ0) is 15.0. The van der Waals surface area contributed by atoms with Gasteiger partial charge in [0.2, 0.25) is 0 Å². The van der Waals surface area contributed by atoms with Gasteiger partial charge in [-0.15, -0.1) is 11.8 Å². The number of aryl methyl sites for hydroxylation is 1. The Bertz CT molecular complexity index is 818. The molecular weight excluding hydrogens is 296 g/mol. The van der Waals surface area contributed by atoms with Crippen molar-refractivity contribution in [1.29, 1.82) is 0 Å². The first-order valence-corrected chi connectivity index (χ1v) is 7.05. The van der Waals surface area contributed by atoms with Crippen molar-refractivity contribution in [2.24, 2.45) is 7.05 Å². The fourth-order valence-electron chi connectivity index (χ4n) is 1.89. The van der Waals surface area contributed by atoms with E-state index in [1.165, 1.54) is 23.9 Å². The normalized spacial score (nSPS) is 11.2. The molecule has 3 rings (SSSR count). The monoisotopic (exact) mass is 307 g/mol. The smallest absolute Gasteiger partial charge is 0.163 e. The van der Waals surface area contributed by atoms with Gasteiger partial charge >= 0.3 is 0 Å². The Hall–Kier alpha value is -2.22. The number of halogens is 2. The van der Waals surface area contributed by atoms with Crippen LogP contribution in [0.15, 0.2) is 29.3 Å². The van der Waals surface area contributed by atoms with Crippen molar-refractivity contribution in [1.82, 2.24) is 19.7 Å². The van der Waals surface area contributed by atoms with Crippen molar-refractivity contribution in [3.05, 3.63) is 41.9 Å². The summed E-state index contributed by atoms with van der Waals surface area (Å²) in [5.74, 6) is -0.0720. The molecule has 0 unspecified atom stereocenters. The molecule has 21 heavy (non-hydrogen) atoms. The molecule has 2 heterocycles. The highest BCUT2D eigenvalue weighted by atomic mass is 32.2. The van der Waals surface area contributed by atoms with Gasteiger partial charge in [-0.2, -0.15) is 5.10 Å². The molecule has 3 aromatic rings. The van der Waals surface area contributed by atoms with E-state index in [9.17, 15) is 8.78 Å². The van der Waals surface area contributed by atoms with Gasteiger partial charge in [-0.1, -0.05) is 0 Å². The number of thioether (sulfide) groups is 1. The summed E-state index contributed by atoms with van der Waals surface area (Å²) in [7, 11) is 1.76. The Morgan fingerprint density at radius 1 is 1.29 bits per heavy atom. The van der Waals surface area contributed by atoms with Crippen molar-refractivity contribution in [2.45, 2.75) is 10.6 Å². The summed E-state index contributed by atoms with van der Waals surface area (Å²) in [6.45, 7) is 0. The number of hydrogen-bond donors (Lipinski definition) is 1. The van der Waals surface area contributed by atoms with Crippen molar-refractivity contribution >= 4 is 28.6 Å². The zero-order valence-corrected chi connectivity index (χ0v) is 11.9. The molecule has 0 atom stereocenters. The molecule has 5 nitrogen and oxygen atoms in total. The highest BCUT2D eigenvalue weighted by Gasteiger charge is 2.11. The lowest BCUT2D eigenvalue weighted by molar-refractivity contribution is 0.565. The third kappa shape index (κ3) is 2.66. The maximum absolute atomic E-state index is 13.6. The van der Waals surface area contributed by atoms with Gasteiger partial charge in [0.15, 0.2) is 5.65 Å². The first kappa shape index (κ1) is 13.7. The van der Waals surface area contributed by atoms with Gasteiger partial charge in [0.1, 0.15) is 23.3 Å². The van der Waals surface area contributed by atoms with Crippen LogP contribution >= 0.6 is 11.8 Å². The van der Waals surface area contributed by atoms with Gasteiger partial charge in [-0.3, -0.25) is 4.68 Å². The van der Waals surface area contributed by atoms with Crippen LogP contribution in [0, 0.1) is 11.6 Å². The molecule has 0 radical (unpaired) electrons. The SMILES string of the molecule is Cn1ncc2c(N)nc(CSc3ccc(F)cc3F)nc21. The van der Waals surface area contributed by atoms with Crippen molar-refractivity contribution in [3.8, 4) is 0 Å². The largest absolute Gasteiger partial charge is 0.383 e. The highest BCUT2D eigenvalue weighted by molar-refractivity contribution is 7.98. The van der Waals surface area contributed by atoms with E-state index in [1.807, 2.05) is 0 Å². The molecule has 8 heteroatoms. The molecule has 0 saturated carbocycles. The Kier molecular flexibility index (Phi) is 3.46. The van der Waals surface area contributed by atoms with E-state index in [0.29, 0.717) is 33.3 Å². The van der Waals surface area contributed by atoms with E-state index < -0.39 is 11.6 Å². The average molecular weight is 307 g/mol. The predicted molar refractivity (Wildman–Crippen MR) is 76.6 cm³/mol. The second kappa shape index (κ2) is 5.28. The molecule has 0 bridgehead atoms. The molecule has 108 valence electrons. The van der Waals surface area contributed by atoms with Crippen LogP contribution in [-0.2, 0) is 12.8 Å². The van der Waals surface area contributed by atoms with E-state index in [1.54, 1.807) is 17.9 Å². The molecule has 0 fully saturated rings. The first-order valence-electron chi connectivity index (χ1n) is 6.06. The Labute approximate surface area is 123 Å². The number of nitrogens with two attached hydrogens (primary N) is 1. The standard InChI is InChI=1S/C13H11F2N5S/c1-20-13-8(5-17-20)12(16)18-11(19-13)6-21-10-3-2-7(14)4-9(10)15/h2-5H,6H2,1H3,(H2,16,18,19). The molecular formula is C13H11F2N5S. The summed E-state index contributed by atoms with van der Waals surface area (Å²) in [6, 6.07) is 3.45. The third-order valence-corrected chi connectivity index (χ3v) is 3.96. The summed E-state index contributed by atoms with van der Waals surface area (Å²) < 4.78 is 28.0. The van der Waals surface area contributed by atoms with Crippen molar-refractivity contribution in [2.75, 3.05) is 5.73 Å². The van der Waals surface area contributed by atoms with Crippen LogP contribution in [0.4, 0.5) is 14.6 Å². The molecule has 0 amide bonds. The predicted octanol–water partition coefficient (Wildman–Crippen LogP) is 2.52. The van der Waals surface area contributed by atoms with Crippen molar-refractivity contribution < 1.29 is 8.78 Å². The zero-order valence-electron chi connectivity index (χ0n) is 11.0. The maximum atomic E-state index is 13.6. The van der Waals surface area contributed by atoms with E-state index in [2.05, 4.69) is 15.1 Å². The van der Waals surface area contributed by atoms with Gasteiger partial charge in [-0.05, 0) is 12.1 Å². The van der Waals surface area contributed by atoms with Gasteiger partial charge in [-0.25, -0.2) is 18.7 Å². The van der Waals surface area contributed by atoms with Gasteiger partial charge in [0, 0.05) is 18.0 Å². The van der Waals surface area contributed by atoms with E-state index in [-0.39, 0.29) is 0 Å². The maximum Gasteiger partial charge on any atom is 0.163 e. The Morgan fingerprint density at radius 3 is 2.86 bits per heavy atom. The topological polar surface area (TPSA) is 69.6 Å². The third-order valence-electron chi connectivity index (χ3n) is 2.92. The molecule has 2 N–H and O–H groups in total. The molecule has 0 aliphatic heterocycles. The van der Waals surface area contributed by atoms with Gasteiger partial charge in [0.25, 0.3) is 0 Å². The number of fused-ring (bicyclic) bond motifs is 1. The van der Waals surface area contributed by atoms with Gasteiger partial charge < -0.3 is 5.73 Å². The number of aromatic nitrogens is 4. The molecule has 0 spiro atoms. The quantitative estimate of drug-likeness (QED) is 0.753. The molecule has 0 aliphatic rings. The summed E-state index contributed by atoms with van der Waals surface area (Å²) in [5, 5.41) is 4.75. The molecule has 0 aliphatic carbocycles. The van der Waals surface area contributed by atoms with Crippen molar-refractivity contribution in [3.63, 3.8) is 0 Å². The van der Waals surface area contributed by atoms with E-state index in [4.69, 9.17) is 5.73 Å². The number of hydrogen-bond acceptors (Lipinski definition) is 5. The van der Waals surface area contributed by atoms with Crippen LogP contribution in [0.25, 0.3) is 11.0 Å². The highest BCUT2D eigenvalue weighted by Crippen LogP contribution is 2.26. The van der Waals surface area contributed by atoms with E-state index in [0.717, 1.165) is 6.07 Å². The number of nitrogens with zero attached hydrogens (tertiary/aromatic N) is 4. The lowest BCUT2D eigenvalue weighted by Crippen LogP contribution is -2.01. The van der Waals surface area contributed by atoms with Crippen LogP contribution in [-0.4, -0.2) is 19.7 Å². The van der Waals surface area contributed by atoms with E-state index >= 15 is 0 Å². The number of benzene rings is 1. The Morgan fingerprint density at radius 2 is 2.10 bits per heavy atom. The van der Waals surface area contributed by atoms with Crippen LogP contribution in [0.5, 0.6) is 0 Å².